The summed E-state index contributed by atoms with van der Waals surface area (Å²) in [5, 5.41) is 5.99. The van der Waals surface area contributed by atoms with Crippen LogP contribution in [0.3, 0.4) is 0 Å². The molecule has 3 aromatic rings. The molecule has 0 saturated carbocycles. The van der Waals surface area contributed by atoms with E-state index in [9.17, 15) is 14.4 Å². The fourth-order valence-electron chi connectivity index (χ4n) is 4.41. The van der Waals surface area contributed by atoms with Gasteiger partial charge in [0.15, 0.2) is 0 Å². The van der Waals surface area contributed by atoms with E-state index in [0.717, 1.165) is 34.0 Å². The third-order valence-electron chi connectivity index (χ3n) is 6.57. The smallest absolute Gasteiger partial charge is 0.322 e. The molecule has 1 aromatic carbocycles. The molecule has 9 heteroatoms. The van der Waals surface area contributed by atoms with Gasteiger partial charge in [0.1, 0.15) is 5.54 Å². The van der Waals surface area contributed by atoms with Gasteiger partial charge in [-0.25, -0.2) is 9.78 Å². The predicted molar refractivity (Wildman–Crippen MR) is 128 cm³/mol. The highest BCUT2D eigenvalue weighted by atomic mass is 32.1. The second-order valence-corrected chi connectivity index (χ2v) is 10.0. The first kappa shape index (κ1) is 22.2. The van der Waals surface area contributed by atoms with Gasteiger partial charge in [-0.2, -0.15) is 0 Å². The fraction of sp³-hybridized carbons (Fsp3) is 0.320. The van der Waals surface area contributed by atoms with Crippen LogP contribution in [0.4, 0.5) is 4.79 Å². The molecule has 2 fully saturated rings. The lowest BCUT2D eigenvalue weighted by atomic mass is 9.91. The number of rotatable bonds is 4. The number of carbonyl (C=O) groups excluding carboxylic acids is 3. The molecule has 4 heterocycles. The van der Waals surface area contributed by atoms with Crippen molar-refractivity contribution in [2.45, 2.75) is 38.1 Å². The number of urea groups is 1. The molecule has 5 rings (SSSR count). The van der Waals surface area contributed by atoms with Crippen molar-refractivity contribution in [2.75, 3.05) is 13.1 Å². The van der Waals surface area contributed by atoms with Crippen molar-refractivity contribution < 1.29 is 14.4 Å². The minimum absolute atomic E-state index is 0.0289. The van der Waals surface area contributed by atoms with E-state index in [-0.39, 0.29) is 5.91 Å². The molecule has 1 atom stereocenters. The SMILES string of the molecule is Cc1ccc(-c2cnc(C3CCN(C(=O)c4ccc(C5(C)NC(=O)NC5=O)cc4)CC3)s2)nc1. The van der Waals surface area contributed by atoms with Crippen LogP contribution >= 0.6 is 11.3 Å². The molecule has 0 radical (unpaired) electrons. The van der Waals surface area contributed by atoms with E-state index < -0.39 is 17.5 Å². The normalized spacial score (nSPS) is 20.8. The molecule has 0 spiro atoms. The second kappa shape index (κ2) is 8.64. The first-order valence-corrected chi connectivity index (χ1v) is 12.1. The lowest BCUT2D eigenvalue weighted by Gasteiger charge is -2.31. The number of likely N-dealkylation sites (tertiary alicyclic amines) is 1. The average Bonchev–Trinajstić information content (AvgIpc) is 3.44. The Hall–Kier alpha value is -3.59. The van der Waals surface area contributed by atoms with Gasteiger partial charge < -0.3 is 10.2 Å². The summed E-state index contributed by atoms with van der Waals surface area (Å²) in [6, 6.07) is 10.4. The highest BCUT2D eigenvalue weighted by Gasteiger charge is 2.43. The molecule has 2 aliphatic rings. The molecule has 2 N–H and O–H groups in total. The summed E-state index contributed by atoms with van der Waals surface area (Å²) in [4.78, 5) is 48.8. The molecular formula is C25H25N5O3S. The largest absolute Gasteiger partial charge is 0.339 e. The van der Waals surface area contributed by atoms with Crippen molar-refractivity contribution in [2.24, 2.45) is 0 Å². The number of benzene rings is 1. The molecule has 4 amide bonds. The Labute approximate surface area is 201 Å². The topological polar surface area (TPSA) is 104 Å². The highest BCUT2D eigenvalue weighted by molar-refractivity contribution is 7.15. The molecule has 2 saturated heterocycles. The zero-order valence-corrected chi connectivity index (χ0v) is 19.8. The number of nitrogens with one attached hydrogen (secondary N) is 2. The third-order valence-corrected chi connectivity index (χ3v) is 7.76. The standard InChI is InChI=1S/C25H25N5O3S/c1-15-3-8-19(26-13-15)20-14-27-21(34-20)16-9-11-30(12-10-16)22(31)17-4-6-18(7-5-17)25(2)23(32)28-24(33)29-25/h3-8,13-14,16H,9-12H2,1-2H3,(H2,28,29,32,33). The summed E-state index contributed by atoms with van der Waals surface area (Å²) >= 11 is 1.68. The second-order valence-electron chi connectivity index (χ2n) is 8.96. The molecule has 0 aliphatic carbocycles. The summed E-state index contributed by atoms with van der Waals surface area (Å²) in [6.45, 7) is 5.00. The summed E-state index contributed by atoms with van der Waals surface area (Å²) in [7, 11) is 0. The Balaban J connectivity index is 1.21. The summed E-state index contributed by atoms with van der Waals surface area (Å²) < 4.78 is 0. The number of thiazole rings is 1. The number of aryl methyl sites for hydroxylation is 1. The van der Waals surface area contributed by atoms with Gasteiger partial charge in [0.25, 0.3) is 11.8 Å². The summed E-state index contributed by atoms with van der Waals surface area (Å²) in [6.07, 6.45) is 5.49. The van der Waals surface area contributed by atoms with Gasteiger partial charge in [-0.15, -0.1) is 11.3 Å². The van der Waals surface area contributed by atoms with Gasteiger partial charge in [0.2, 0.25) is 0 Å². The average molecular weight is 476 g/mol. The molecule has 0 bridgehead atoms. The van der Waals surface area contributed by atoms with Crippen LogP contribution in [0, 0.1) is 6.92 Å². The number of hydrogen-bond donors (Lipinski definition) is 2. The van der Waals surface area contributed by atoms with Crippen LogP contribution in [0.15, 0.2) is 48.8 Å². The fourth-order valence-corrected chi connectivity index (χ4v) is 5.48. The Morgan fingerprint density at radius 3 is 2.41 bits per heavy atom. The van der Waals surface area contributed by atoms with Crippen LogP contribution in [0.5, 0.6) is 0 Å². The van der Waals surface area contributed by atoms with E-state index in [1.54, 1.807) is 42.5 Å². The van der Waals surface area contributed by atoms with E-state index in [1.165, 1.54) is 0 Å². The molecule has 174 valence electrons. The number of aromatic nitrogens is 2. The van der Waals surface area contributed by atoms with Crippen LogP contribution in [-0.4, -0.2) is 45.8 Å². The molecule has 1 unspecified atom stereocenters. The first-order valence-electron chi connectivity index (χ1n) is 11.3. The number of hydrogen-bond acceptors (Lipinski definition) is 6. The molecule has 2 aromatic heterocycles. The maximum atomic E-state index is 13.0. The Kier molecular flexibility index (Phi) is 5.65. The van der Waals surface area contributed by atoms with E-state index in [1.807, 2.05) is 30.3 Å². The van der Waals surface area contributed by atoms with Crippen LogP contribution in [0.2, 0.25) is 0 Å². The highest BCUT2D eigenvalue weighted by Crippen LogP contribution is 2.35. The van der Waals surface area contributed by atoms with Crippen molar-refractivity contribution in [1.29, 1.82) is 0 Å². The van der Waals surface area contributed by atoms with Gasteiger partial charge in [-0.05, 0) is 56.0 Å². The molecule has 34 heavy (non-hydrogen) atoms. The van der Waals surface area contributed by atoms with Gasteiger partial charge in [-0.3, -0.25) is 19.9 Å². The third kappa shape index (κ3) is 4.07. The van der Waals surface area contributed by atoms with Crippen molar-refractivity contribution in [3.05, 3.63) is 70.5 Å². The maximum Gasteiger partial charge on any atom is 0.322 e. The maximum absolute atomic E-state index is 13.0. The number of imide groups is 1. The number of amides is 4. The van der Waals surface area contributed by atoms with Crippen LogP contribution in [0.1, 0.15) is 52.2 Å². The Bertz CT molecular complexity index is 1250. The van der Waals surface area contributed by atoms with Gasteiger partial charge >= 0.3 is 6.03 Å². The quantitative estimate of drug-likeness (QED) is 0.561. The minimum atomic E-state index is -1.13. The predicted octanol–water partition coefficient (Wildman–Crippen LogP) is 3.59. The zero-order valence-electron chi connectivity index (χ0n) is 19.0. The number of carbonyl (C=O) groups is 3. The zero-order chi connectivity index (χ0) is 23.9. The van der Waals surface area contributed by atoms with E-state index >= 15 is 0 Å². The van der Waals surface area contributed by atoms with Crippen LogP contribution < -0.4 is 10.6 Å². The van der Waals surface area contributed by atoms with Gasteiger partial charge in [-0.1, -0.05) is 18.2 Å². The van der Waals surface area contributed by atoms with Gasteiger partial charge in [0.05, 0.1) is 15.6 Å². The number of piperidine rings is 1. The lowest BCUT2D eigenvalue weighted by Crippen LogP contribution is -2.40. The lowest BCUT2D eigenvalue weighted by molar-refractivity contribution is -0.123. The molecule has 8 nitrogen and oxygen atoms in total. The Morgan fingerprint density at radius 1 is 1.06 bits per heavy atom. The van der Waals surface area contributed by atoms with Crippen LogP contribution in [0.25, 0.3) is 10.6 Å². The first-order chi connectivity index (χ1) is 16.3. The van der Waals surface area contributed by atoms with Crippen molar-refractivity contribution in [3.8, 4) is 10.6 Å². The van der Waals surface area contributed by atoms with Crippen molar-refractivity contribution in [3.63, 3.8) is 0 Å². The number of pyridine rings is 1. The minimum Gasteiger partial charge on any atom is -0.339 e. The monoisotopic (exact) mass is 475 g/mol. The van der Waals surface area contributed by atoms with E-state index in [2.05, 4.69) is 26.7 Å². The molecular weight excluding hydrogens is 450 g/mol. The van der Waals surface area contributed by atoms with Crippen LogP contribution in [-0.2, 0) is 10.3 Å². The number of nitrogens with zero attached hydrogens (tertiary/aromatic N) is 3. The van der Waals surface area contributed by atoms with Crippen molar-refractivity contribution >= 4 is 29.2 Å². The van der Waals surface area contributed by atoms with E-state index in [0.29, 0.717) is 30.1 Å². The van der Waals surface area contributed by atoms with Crippen molar-refractivity contribution in [1.82, 2.24) is 25.5 Å². The molecule has 2 aliphatic heterocycles. The summed E-state index contributed by atoms with van der Waals surface area (Å²) in [5.41, 5.74) is 2.14. The Morgan fingerprint density at radius 2 is 1.79 bits per heavy atom. The van der Waals surface area contributed by atoms with Gasteiger partial charge in [0, 0.05) is 37.0 Å². The summed E-state index contributed by atoms with van der Waals surface area (Å²) in [5.74, 6) is -0.0963. The van der Waals surface area contributed by atoms with E-state index in [4.69, 9.17) is 0 Å².